The van der Waals surface area contributed by atoms with Gasteiger partial charge in [-0.05, 0) is 23.1 Å². The monoisotopic (exact) mass is 424 g/mol. The number of rotatable bonds is 5. The molecule has 29 heavy (non-hydrogen) atoms. The lowest BCUT2D eigenvalue weighted by molar-refractivity contribution is 0.499. The predicted molar refractivity (Wildman–Crippen MR) is 117 cm³/mol. The van der Waals surface area contributed by atoms with Crippen molar-refractivity contribution in [2.24, 2.45) is 0 Å². The van der Waals surface area contributed by atoms with Crippen LogP contribution in [0.15, 0.2) is 72.8 Å². The fraction of sp³-hybridized carbons (Fsp3) is 0.0870. The van der Waals surface area contributed by atoms with Gasteiger partial charge in [0, 0.05) is 28.2 Å². The van der Waals surface area contributed by atoms with E-state index in [0.717, 1.165) is 11.1 Å². The molecule has 3 nitrogen and oxygen atoms in total. The van der Waals surface area contributed by atoms with Crippen LogP contribution < -0.4 is 4.74 Å². The number of hydrogen-bond acceptors (Lipinski definition) is 4. The van der Waals surface area contributed by atoms with Crippen LogP contribution in [-0.2, 0) is 16.5 Å². The Hall–Kier alpha value is -2.83. The second-order valence-corrected chi connectivity index (χ2v) is 7.92. The van der Waals surface area contributed by atoms with Gasteiger partial charge in [-0.1, -0.05) is 72.9 Å². The van der Waals surface area contributed by atoms with Gasteiger partial charge in [-0.3, -0.25) is 0 Å². The largest absolute Gasteiger partial charge is 0.456 e. The maximum Gasteiger partial charge on any atom is 0.144 e. The molecule has 0 radical (unpaired) electrons. The van der Waals surface area contributed by atoms with E-state index in [-0.39, 0.29) is 17.5 Å². The third-order valence-electron chi connectivity index (χ3n) is 4.85. The van der Waals surface area contributed by atoms with E-state index in [4.69, 9.17) is 17.0 Å². The van der Waals surface area contributed by atoms with Crippen LogP contribution in [0.3, 0.4) is 0 Å². The highest BCUT2D eigenvalue weighted by Gasteiger charge is 2.31. The van der Waals surface area contributed by atoms with Crippen LogP contribution >= 0.6 is 12.2 Å². The number of benzene rings is 3. The molecule has 0 saturated carbocycles. The molecule has 0 spiro atoms. The molecule has 0 amide bonds. The molecule has 1 unspecified atom stereocenters. The molecule has 0 N–H and O–H groups in total. The summed E-state index contributed by atoms with van der Waals surface area (Å²) >= 11 is 5.34. The topological polar surface area (TPSA) is 43.4 Å². The minimum atomic E-state index is -2.51. The number of hydrogen-bond donors (Lipinski definition) is 1. The Kier molecular flexibility index (Phi) is 5.56. The number of thiocarbonyl (C=S) groups is 1. The highest BCUT2D eigenvalue weighted by Crippen LogP contribution is 2.46. The summed E-state index contributed by atoms with van der Waals surface area (Å²) < 4.78 is 43.0. The van der Waals surface area contributed by atoms with E-state index in [0.29, 0.717) is 28.2 Å². The number of fused-ring (bicyclic) bond motifs is 1. The van der Waals surface area contributed by atoms with Crippen molar-refractivity contribution in [1.29, 1.82) is 0 Å². The van der Waals surface area contributed by atoms with Gasteiger partial charge in [-0.2, -0.15) is 0 Å². The van der Waals surface area contributed by atoms with Crippen molar-refractivity contribution < 1.29 is 17.5 Å². The lowest BCUT2D eigenvalue weighted by atomic mass is 9.83. The van der Waals surface area contributed by atoms with Crippen molar-refractivity contribution >= 4 is 39.6 Å². The van der Waals surface area contributed by atoms with Gasteiger partial charge in [0.05, 0.1) is 5.75 Å². The molecule has 3 aromatic carbocycles. The van der Waals surface area contributed by atoms with E-state index < -0.39 is 10.7 Å². The first-order chi connectivity index (χ1) is 14.1. The van der Waals surface area contributed by atoms with E-state index in [1.165, 1.54) is 6.07 Å². The molecule has 0 fully saturated rings. The summed E-state index contributed by atoms with van der Waals surface area (Å²) in [5.41, 5.74) is 3.36. The smallest absolute Gasteiger partial charge is 0.144 e. The van der Waals surface area contributed by atoms with Gasteiger partial charge >= 0.3 is 0 Å². The van der Waals surface area contributed by atoms with Crippen LogP contribution in [0, 0.1) is 5.82 Å². The second kappa shape index (κ2) is 8.27. The number of para-hydroxylation sites is 1. The van der Waals surface area contributed by atoms with Gasteiger partial charge in [0.1, 0.15) is 28.0 Å². The molecule has 146 valence electrons. The van der Waals surface area contributed by atoms with Crippen LogP contribution in [0.25, 0.3) is 11.3 Å². The molecular formula is C23H17FO3S2. The van der Waals surface area contributed by atoms with Gasteiger partial charge in [0.25, 0.3) is 0 Å². The Morgan fingerprint density at radius 3 is 2.34 bits per heavy atom. The van der Waals surface area contributed by atoms with Crippen LogP contribution in [0.4, 0.5) is 4.39 Å². The number of halogens is 1. The molecule has 1 heterocycles. The summed E-state index contributed by atoms with van der Waals surface area (Å²) in [5, 5.41) is 1.62. The summed E-state index contributed by atoms with van der Waals surface area (Å²) in [6.45, 7) is 0. The molecule has 1 aliphatic heterocycles. The van der Waals surface area contributed by atoms with Crippen LogP contribution in [0.1, 0.15) is 28.2 Å². The molecule has 0 saturated heterocycles. The molecule has 3 aromatic rings. The van der Waals surface area contributed by atoms with Crippen LogP contribution in [-0.4, -0.2) is 13.8 Å². The third kappa shape index (κ3) is 3.86. The minimum Gasteiger partial charge on any atom is -0.456 e. The van der Waals surface area contributed by atoms with Gasteiger partial charge in [0.15, 0.2) is 0 Å². The maximum absolute atomic E-state index is 14.8. The molecule has 0 aromatic heterocycles. The Balaban J connectivity index is 1.93. The van der Waals surface area contributed by atoms with Gasteiger partial charge in [-0.25, -0.2) is 12.8 Å². The van der Waals surface area contributed by atoms with Crippen LogP contribution in [0.2, 0.25) is 0 Å². The highest BCUT2D eigenvalue weighted by molar-refractivity contribution is 7.79. The molecule has 1 atom stereocenters. The first-order valence-electron chi connectivity index (χ1n) is 9.00. The minimum absolute atomic E-state index is 0.0267. The highest BCUT2D eigenvalue weighted by atomic mass is 32.2. The summed E-state index contributed by atoms with van der Waals surface area (Å²) in [6, 6.07) is 21.2. The lowest BCUT2D eigenvalue weighted by Gasteiger charge is -2.29. The van der Waals surface area contributed by atoms with E-state index in [9.17, 15) is 12.8 Å². The van der Waals surface area contributed by atoms with E-state index >= 15 is 0 Å². The summed E-state index contributed by atoms with van der Waals surface area (Å²) in [6.07, 6.45) is 0. The average Bonchev–Trinajstić information content (AvgIpc) is 2.73. The Morgan fingerprint density at radius 1 is 0.966 bits per heavy atom. The zero-order chi connectivity index (χ0) is 20.4. The number of allylic oxidation sites excluding steroid dienone is 1. The van der Waals surface area contributed by atoms with Gasteiger partial charge in [0.2, 0.25) is 0 Å². The zero-order valence-electron chi connectivity index (χ0n) is 15.2. The first kappa shape index (κ1) is 19.5. The summed E-state index contributed by atoms with van der Waals surface area (Å²) in [4.78, 5) is 0. The number of thiol groups is 1. The second-order valence-electron chi connectivity index (χ2n) is 6.66. The quantitative estimate of drug-likeness (QED) is 0.463. The van der Waals surface area contributed by atoms with Crippen molar-refractivity contribution in [3.63, 3.8) is 0 Å². The fourth-order valence-electron chi connectivity index (χ4n) is 3.53. The SMILES string of the molecule is O=[SH](=O)Cc1ccc(C2=C(c3ccccc3F)C(C=S)c3ccccc3O2)cc1. The molecule has 0 aliphatic carbocycles. The van der Waals surface area contributed by atoms with Crippen molar-refractivity contribution in [1.82, 2.24) is 0 Å². The van der Waals surface area contributed by atoms with Crippen molar-refractivity contribution in [3.05, 3.63) is 101 Å². The van der Waals surface area contributed by atoms with E-state index in [1.54, 1.807) is 47.8 Å². The number of ether oxygens (including phenoxy) is 1. The van der Waals surface area contributed by atoms with E-state index in [2.05, 4.69) is 0 Å². The summed E-state index contributed by atoms with van der Waals surface area (Å²) in [5.74, 6) is 0.474. The summed E-state index contributed by atoms with van der Waals surface area (Å²) in [7, 11) is -2.51. The Bertz CT molecular complexity index is 1170. The molecule has 0 bridgehead atoms. The molecular weight excluding hydrogens is 407 g/mol. The van der Waals surface area contributed by atoms with Crippen molar-refractivity contribution in [2.75, 3.05) is 0 Å². The fourth-order valence-corrected chi connectivity index (χ4v) is 4.32. The Morgan fingerprint density at radius 2 is 1.66 bits per heavy atom. The normalized spacial score (nSPS) is 15.7. The predicted octanol–water partition coefficient (Wildman–Crippen LogP) is 4.98. The van der Waals surface area contributed by atoms with Crippen LogP contribution in [0.5, 0.6) is 5.75 Å². The lowest BCUT2D eigenvalue weighted by Crippen LogP contribution is -2.16. The Labute approximate surface area is 175 Å². The zero-order valence-corrected chi connectivity index (χ0v) is 17.0. The van der Waals surface area contributed by atoms with E-state index in [1.807, 2.05) is 24.3 Å². The van der Waals surface area contributed by atoms with Gasteiger partial charge in [-0.15, -0.1) is 0 Å². The van der Waals surface area contributed by atoms with Crippen molar-refractivity contribution in [3.8, 4) is 5.75 Å². The molecule has 4 rings (SSSR count). The standard InChI is InChI=1S/C23H17FO3S2/c24-20-7-3-1-6-18(20)22-19(13-28)17-5-2-4-8-21(17)27-23(22)16-11-9-15(10-12-16)14-29(25)26/h1-13,19,29H,14H2. The third-order valence-corrected chi connectivity index (χ3v) is 5.75. The molecule has 1 aliphatic rings. The molecule has 6 heteroatoms. The first-order valence-corrected chi connectivity index (χ1v) is 10.8. The maximum atomic E-state index is 14.8. The van der Waals surface area contributed by atoms with Crippen molar-refractivity contribution in [2.45, 2.75) is 11.7 Å². The van der Waals surface area contributed by atoms with Gasteiger partial charge < -0.3 is 4.74 Å². The average molecular weight is 425 g/mol.